The van der Waals surface area contributed by atoms with E-state index >= 15 is 0 Å². The minimum Gasteiger partial charge on any atom is -0.335 e. The van der Waals surface area contributed by atoms with Gasteiger partial charge in [-0.15, -0.1) is 0 Å². The fourth-order valence-corrected chi connectivity index (χ4v) is 2.20. The van der Waals surface area contributed by atoms with Gasteiger partial charge in [0.2, 0.25) is 0 Å². The first-order chi connectivity index (χ1) is 8.75. The molecule has 18 heavy (non-hydrogen) atoms. The van der Waals surface area contributed by atoms with Crippen molar-refractivity contribution in [3.8, 4) is 0 Å². The van der Waals surface area contributed by atoms with Gasteiger partial charge in [0.1, 0.15) is 5.82 Å². The highest BCUT2D eigenvalue weighted by molar-refractivity contribution is 5.74. The van der Waals surface area contributed by atoms with Gasteiger partial charge in [-0.3, -0.25) is 4.98 Å². The van der Waals surface area contributed by atoms with Crippen molar-refractivity contribution in [1.82, 2.24) is 15.6 Å². The summed E-state index contributed by atoms with van der Waals surface area (Å²) in [4.78, 5) is 15.5. The van der Waals surface area contributed by atoms with E-state index in [0.29, 0.717) is 0 Å². The maximum absolute atomic E-state index is 13.3. The zero-order valence-electron chi connectivity index (χ0n) is 10.3. The summed E-state index contributed by atoms with van der Waals surface area (Å²) in [6, 6.07) is 2.88. The lowest BCUT2D eigenvalue weighted by Gasteiger charge is -2.22. The van der Waals surface area contributed by atoms with Gasteiger partial charge in [0.05, 0.1) is 12.2 Å². The van der Waals surface area contributed by atoms with Gasteiger partial charge in [-0.05, 0) is 25.0 Å². The Kier molecular flexibility index (Phi) is 4.50. The molecule has 0 aromatic carbocycles. The summed E-state index contributed by atoms with van der Waals surface area (Å²) in [7, 11) is 0. The third-order valence-corrected chi connectivity index (χ3v) is 3.19. The molecule has 1 saturated carbocycles. The van der Waals surface area contributed by atoms with E-state index in [2.05, 4.69) is 15.6 Å². The molecular weight excluding hydrogens is 233 g/mol. The third-order valence-electron chi connectivity index (χ3n) is 3.19. The second-order valence-electron chi connectivity index (χ2n) is 4.59. The Balaban J connectivity index is 1.76. The number of amides is 2. The van der Waals surface area contributed by atoms with Crippen molar-refractivity contribution in [2.75, 3.05) is 0 Å². The number of carbonyl (C=O) groups excluding carboxylic acids is 1. The van der Waals surface area contributed by atoms with E-state index in [1.165, 1.54) is 37.6 Å². The molecular formula is C13H18FN3O. The van der Waals surface area contributed by atoms with Gasteiger partial charge in [-0.25, -0.2) is 9.18 Å². The Hall–Kier alpha value is -1.65. The van der Waals surface area contributed by atoms with Crippen molar-refractivity contribution in [3.05, 3.63) is 29.8 Å². The fraction of sp³-hybridized carbons (Fsp3) is 0.538. The van der Waals surface area contributed by atoms with Gasteiger partial charge in [0.25, 0.3) is 0 Å². The SMILES string of the molecule is O=C(NCc1ncccc1F)NC1CCCCC1. The zero-order valence-corrected chi connectivity index (χ0v) is 10.3. The summed E-state index contributed by atoms with van der Waals surface area (Å²) < 4.78 is 13.3. The number of rotatable bonds is 3. The second kappa shape index (κ2) is 6.33. The molecule has 0 radical (unpaired) electrons. The molecule has 98 valence electrons. The van der Waals surface area contributed by atoms with Crippen LogP contribution in [0, 0.1) is 5.82 Å². The molecule has 4 nitrogen and oxygen atoms in total. The Morgan fingerprint density at radius 1 is 1.39 bits per heavy atom. The van der Waals surface area contributed by atoms with Gasteiger partial charge >= 0.3 is 6.03 Å². The van der Waals surface area contributed by atoms with Gasteiger partial charge < -0.3 is 10.6 Å². The average molecular weight is 251 g/mol. The monoisotopic (exact) mass is 251 g/mol. The minimum absolute atomic E-state index is 0.116. The number of nitrogens with zero attached hydrogens (tertiary/aromatic N) is 1. The highest BCUT2D eigenvalue weighted by atomic mass is 19.1. The van der Waals surface area contributed by atoms with E-state index in [1.807, 2.05) is 0 Å². The van der Waals surface area contributed by atoms with E-state index in [1.54, 1.807) is 0 Å². The molecule has 1 aliphatic rings. The van der Waals surface area contributed by atoms with Crippen molar-refractivity contribution < 1.29 is 9.18 Å². The molecule has 1 aromatic heterocycles. The molecule has 2 rings (SSSR count). The lowest BCUT2D eigenvalue weighted by atomic mass is 9.96. The van der Waals surface area contributed by atoms with Crippen LogP contribution >= 0.6 is 0 Å². The molecule has 1 aliphatic carbocycles. The number of pyridine rings is 1. The topological polar surface area (TPSA) is 54.0 Å². The first-order valence-electron chi connectivity index (χ1n) is 6.39. The molecule has 0 spiro atoms. The lowest BCUT2D eigenvalue weighted by molar-refractivity contribution is 0.232. The normalized spacial score (nSPS) is 16.3. The van der Waals surface area contributed by atoms with Crippen LogP contribution in [0.15, 0.2) is 18.3 Å². The Morgan fingerprint density at radius 2 is 2.17 bits per heavy atom. The number of carbonyl (C=O) groups is 1. The standard InChI is InChI=1S/C13H18FN3O/c14-11-7-4-8-15-12(11)9-16-13(18)17-10-5-2-1-3-6-10/h4,7-8,10H,1-3,5-6,9H2,(H2,16,17,18). The second-order valence-corrected chi connectivity index (χ2v) is 4.59. The number of hydrogen-bond donors (Lipinski definition) is 2. The number of hydrogen-bond acceptors (Lipinski definition) is 2. The van der Waals surface area contributed by atoms with Gasteiger partial charge in [0.15, 0.2) is 0 Å². The molecule has 0 bridgehead atoms. The molecule has 0 atom stereocenters. The first kappa shape index (κ1) is 12.8. The fourth-order valence-electron chi connectivity index (χ4n) is 2.20. The summed E-state index contributed by atoms with van der Waals surface area (Å²) in [5, 5.41) is 5.54. The maximum atomic E-state index is 13.3. The van der Waals surface area contributed by atoms with Crippen LogP contribution in [0.1, 0.15) is 37.8 Å². The molecule has 1 heterocycles. The van der Waals surface area contributed by atoms with Crippen molar-refractivity contribution in [2.45, 2.75) is 44.7 Å². The molecule has 1 fully saturated rings. The molecule has 0 unspecified atom stereocenters. The van der Waals surface area contributed by atoms with Crippen molar-refractivity contribution >= 4 is 6.03 Å². The first-order valence-corrected chi connectivity index (χ1v) is 6.39. The van der Waals surface area contributed by atoms with Crippen LogP contribution in [0.4, 0.5) is 9.18 Å². The van der Waals surface area contributed by atoms with Crippen LogP contribution in [0.3, 0.4) is 0 Å². The third kappa shape index (κ3) is 3.68. The predicted molar refractivity (Wildman–Crippen MR) is 66.4 cm³/mol. The van der Waals surface area contributed by atoms with Crippen LogP contribution < -0.4 is 10.6 Å². The quantitative estimate of drug-likeness (QED) is 0.866. The molecule has 1 aromatic rings. The van der Waals surface area contributed by atoms with Crippen LogP contribution in [0.25, 0.3) is 0 Å². The largest absolute Gasteiger partial charge is 0.335 e. The number of nitrogens with one attached hydrogen (secondary N) is 2. The van der Waals surface area contributed by atoms with E-state index in [4.69, 9.17) is 0 Å². The summed E-state index contributed by atoms with van der Waals surface area (Å²) in [5.74, 6) is -0.393. The van der Waals surface area contributed by atoms with Crippen LogP contribution in [0.2, 0.25) is 0 Å². The van der Waals surface area contributed by atoms with Crippen molar-refractivity contribution in [2.24, 2.45) is 0 Å². The van der Waals surface area contributed by atoms with E-state index in [0.717, 1.165) is 12.8 Å². The van der Waals surface area contributed by atoms with Gasteiger partial charge in [-0.1, -0.05) is 19.3 Å². The summed E-state index contributed by atoms with van der Waals surface area (Å²) in [5.41, 5.74) is 0.260. The number of urea groups is 1. The molecule has 2 amide bonds. The van der Waals surface area contributed by atoms with E-state index < -0.39 is 5.82 Å². The summed E-state index contributed by atoms with van der Waals surface area (Å²) >= 11 is 0. The molecule has 0 saturated heterocycles. The van der Waals surface area contributed by atoms with Crippen molar-refractivity contribution in [1.29, 1.82) is 0 Å². The Morgan fingerprint density at radius 3 is 2.89 bits per heavy atom. The Bertz CT molecular complexity index is 405. The lowest BCUT2D eigenvalue weighted by Crippen LogP contribution is -2.42. The van der Waals surface area contributed by atoms with Gasteiger partial charge in [-0.2, -0.15) is 0 Å². The summed E-state index contributed by atoms with van der Waals surface area (Å²) in [6.45, 7) is 0.116. The molecule has 5 heteroatoms. The highest BCUT2D eigenvalue weighted by Crippen LogP contribution is 2.17. The summed E-state index contributed by atoms with van der Waals surface area (Å²) in [6.07, 6.45) is 7.16. The van der Waals surface area contributed by atoms with E-state index in [-0.39, 0.29) is 24.3 Å². The minimum atomic E-state index is -0.393. The van der Waals surface area contributed by atoms with Crippen LogP contribution in [-0.4, -0.2) is 17.1 Å². The molecule has 2 N–H and O–H groups in total. The van der Waals surface area contributed by atoms with Crippen LogP contribution in [-0.2, 0) is 6.54 Å². The van der Waals surface area contributed by atoms with Gasteiger partial charge in [0, 0.05) is 12.2 Å². The van der Waals surface area contributed by atoms with Crippen LogP contribution in [0.5, 0.6) is 0 Å². The molecule has 0 aliphatic heterocycles. The van der Waals surface area contributed by atoms with Crippen molar-refractivity contribution in [3.63, 3.8) is 0 Å². The highest BCUT2D eigenvalue weighted by Gasteiger charge is 2.15. The predicted octanol–water partition coefficient (Wildman–Crippen LogP) is 2.35. The zero-order chi connectivity index (χ0) is 12.8. The average Bonchev–Trinajstić information content (AvgIpc) is 2.39. The smallest absolute Gasteiger partial charge is 0.315 e. The van der Waals surface area contributed by atoms with E-state index in [9.17, 15) is 9.18 Å². The number of aromatic nitrogens is 1. The number of halogens is 1. The maximum Gasteiger partial charge on any atom is 0.315 e. The Labute approximate surface area is 106 Å².